The predicted molar refractivity (Wildman–Crippen MR) is 86.7 cm³/mol. The van der Waals surface area contributed by atoms with Crippen molar-refractivity contribution in [3.05, 3.63) is 28.1 Å². The lowest BCUT2D eigenvalue weighted by Crippen LogP contribution is -2.27. The van der Waals surface area contributed by atoms with Crippen molar-refractivity contribution >= 4 is 44.6 Å². The number of thiophene rings is 1. The van der Waals surface area contributed by atoms with Crippen LogP contribution in [0.25, 0.3) is 10.1 Å². The Labute approximate surface area is 127 Å². The van der Waals surface area contributed by atoms with Crippen LogP contribution in [0.2, 0.25) is 5.02 Å². The van der Waals surface area contributed by atoms with Crippen molar-refractivity contribution < 1.29 is 4.79 Å². The van der Waals surface area contributed by atoms with Gasteiger partial charge in [0, 0.05) is 21.7 Å². The van der Waals surface area contributed by atoms with Crippen LogP contribution in [0.3, 0.4) is 0 Å². The zero-order valence-corrected chi connectivity index (χ0v) is 12.9. The van der Waals surface area contributed by atoms with Crippen LogP contribution in [-0.4, -0.2) is 25.5 Å². The molecule has 0 radical (unpaired) electrons. The maximum Gasteiger partial charge on any atom is 0.263 e. The zero-order chi connectivity index (χ0) is 14.5. The van der Waals surface area contributed by atoms with Crippen LogP contribution in [0.5, 0.6) is 0 Å². The summed E-state index contributed by atoms with van der Waals surface area (Å²) in [5.74, 6) is -0.115. The lowest BCUT2D eigenvalue weighted by atomic mass is 10.2. The second-order valence-corrected chi connectivity index (χ2v) is 5.94. The van der Waals surface area contributed by atoms with Gasteiger partial charge in [-0.05, 0) is 37.7 Å². The fourth-order valence-electron chi connectivity index (χ4n) is 1.93. The standard InChI is InChI=1S/C14H18ClN3OS/c1-2-17-6-3-7-18-14(19)13-12(16)10-5-4-9(15)8-11(10)20-13/h4-5,8,17H,2-3,6-7,16H2,1H3,(H,18,19). The topological polar surface area (TPSA) is 67.1 Å². The molecule has 2 aromatic rings. The van der Waals surface area contributed by atoms with Crippen molar-refractivity contribution in [3.63, 3.8) is 0 Å². The Morgan fingerprint density at radius 2 is 2.20 bits per heavy atom. The number of nitrogens with two attached hydrogens (primary N) is 1. The number of carbonyl (C=O) groups is 1. The van der Waals surface area contributed by atoms with Gasteiger partial charge in [-0.15, -0.1) is 11.3 Å². The molecule has 0 aliphatic rings. The number of benzene rings is 1. The van der Waals surface area contributed by atoms with Crippen LogP contribution in [0.1, 0.15) is 23.0 Å². The maximum atomic E-state index is 12.1. The zero-order valence-electron chi connectivity index (χ0n) is 11.3. The van der Waals surface area contributed by atoms with Crippen molar-refractivity contribution in [2.45, 2.75) is 13.3 Å². The van der Waals surface area contributed by atoms with Crippen molar-refractivity contribution in [1.82, 2.24) is 10.6 Å². The first-order valence-corrected chi connectivity index (χ1v) is 7.79. The minimum atomic E-state index is -0.115. The number of hydrogen-bond acceptors (Lipinski definition) is 4. The van der Waals surface area contributed by atoms with Gasteiger partial charge in [0.15, 0.2) is 0 Å². The van der Waals surface area contributed by atoms with Gasteiger partial charge in [0.2, 0.25) is 0 Å². The van der Waals surface area contributed by atoms with Gasteiger partial charge in [0.05, 0.1) is 5.69 Å². The van der Waals surface area contributed by atoms with Gasteiger partial charge in [-0.1, -0.05) is 18.5 Å². The van der Waals surface area contributed by atoms with E-state index in [1.165, 1.54) is 11.3 Å². The number of anilines is 1. The quantitative estimate of drug-likeness (QED) is 0.719. The molecule has 20 heavy (non-hydrogen) atoms. The van der Waals surface area contributed by atoms with Gasteiger partial charge < -0.3 is 16.4 Å². The smallest absolute Gasteiger partial charge is 0.263 e. The molecule has 0 spiro atoms. The summed E-state index contributed by atoms with van der Waals surface area (Å²) >= 11 is 7.33. The third-order valence-electron chi connectivity index (χ3n) is 2.96. The van der Waals surface area contributed by atoms with Crippen molar-refractivity contribution in [1.29, 1.82) is 0 Å². The monoisotopic (exact) mass is 311 g/mol. The SMILES string of the molecule is CCNCCCNC(=O)c1sc2cc(Cl)ccc2c1N. The highest BCUT2D eigenvalue weighted by atomic mass is 35.5. The Balaban J connectivity index is 2.04. The number of hydrogen-bond donors (Lipinski definition) is 3. The van der Waals surface area contributed by atoms with Crippen LogP contribution in [0, 0.1) is 0 Å². The third-order valence-corrected chi connectivity index (χ3v) is 4.36. The summed E-state index contributed by atoms with van der Waals surface area (Å²) < 4.78 is 0.938. The molecule has 0 atom stereocenters. The second-order valence-electron chi connectivity index (χ2n) is 4.45. The molecule has 6 heteroatoms. The van der Waals surface area contributed by atoms with Crippen LogP contribution < -0.4 is 16.4 Å². The van der Waals surface area contributed by atoms with Gasteiger partial charge >= 0.3 is 0 Å². The molecule has 2 rings (SSSR count). The largest absolute Gasteiger partial charge is 0.397 e. The lowest BCUT2D eigenvalue weighted by molar-refractivity contribution is 0.0958. The van der Waals surface area contributed by atoms with E-state index in [1.807, 2.05) is 12.1 Å². The average molecular weight is 312 g/mol. The van der Waals surface area contributed by atoms with Crippen molar-refractivity contribution in [3.8, 4) is 0 Å². The summed E-state index contributed by atoms with van der Waals surface area (Å²) in [5, 5.41) is 7.64. The first kappa shape index (κ1) is 15.1. The summed E-state index contributed by atoms with van der Waals surface area (Å²) in [6, 6.07) is 5.47. The fraction of sp³-hybridized carbons (Fsp3) is 0.357. The first-order chi connectivity index (χ1) is 9.63. The molecule has 108 valence electrons. The lowest BCUT2D eigenvalue weighted by Gasteiger charge is -2.04. The highest BCUT2D eigenvalue weighted by Gasteiger charge is 2.15. The average Bonchev–Trinajstić information content (AvgIpc) is 2.75. The number of nitrogen functional groups attached to an aromatic ring is 1. The van der Waals surface area contributed by atoms with Gasteiger partial charge in [-0.3, -0.25) is 4.79 Å². The summed E-state index contributed by atoms with van der Waals surface area (Å²) in [6.45, 7) is 4.54. The second kappa shape index (κ2) is 6.92. The van der Waals surface area contributed by atoms with Crippen LogP contribution in [-0.2, 0) is 0 Å². The summed E-state index contributed by atoms with van der Waals surface area (Å²) in [5.41, 5.74) is 6.57. The van der Waals surface area contributed by atoms with Crippen LogP contribution in [0.4, 0.5) is 5.69 Å². The van der Waals surface area contributed by atoms with Gasteiger partial charge in [-0.2, -0.15) is 0 Å². The molecule has 4 N–H and O–H groups in total. The summed E-state index contributed by atoms with van der Waals surface area (Å²) in [4.78, 5) is 12.7. The molecule has 0 aliphatic carbocycles. The maximum absolute atomic E-state index is 12.1. The number of amides is 1. The normalized spacial score (nSPS) is 10.9. The molecule has 1 heterocycles. The highest BCUT2D eigenvalue weighted by molar-refractivity contribution is 7.21. The van der Waals surface area contributed by atoms with E-state index >= 15 is 0 Å². The van der Waals surface area contributed by atoms with Gasteiger partial charge in [0.1, 0.15) is 4.88 Å². The van der Waals surface area contributed by atoms with E-state index in [9.17, 15) is 4.79 Å². The van der Waals surface area contributed by atoms with E-state index in [1.54, 1.807) is 6.07 Å². The highest BCUT2D eigenvalue weighted by Crippen LogP contribution is 2.35. The fourth-order valence-corrected chi connectivity index (χ4v) is 3.25. The Kier molecular flexibility index (Phi) is 5.23. The Morgan fingerprint density at radius 1 is 1.40 bits per heavy atom. The van der Waals surface area contributed by atoms with E-state index < -0.39 is 0 Å². The van der Waals surface area contributed by atoms with E-state index in [0.29, 0.717) is 22.1 Å². The number of halogens is 1. The molecular weight excluding hydrogens is 294 g/mol. The number of rotatable bonds is 6. The number of nitrogens with one attached hydrogen (secondary N) is 2. The third kappa shape index (κ3) is 3.42. The van der Waals surface area contributed by atoms with E-state index in [4.69, 9.17) is 17.3 Å². The number of fused-ring (bicyclic) bond motifs is 1. The molecule has 0 unspecified atom stereocenters. The summed E-state index contributed by atoms with van der Waals surface area (Å²) in [7, 11) is 0. The Bertz CT molecular complexity index is 612. The molecule has 0 aliphatic heterocycles. The van der Waals surface area contributed by atoms with E-state index in [0.717, 1.165) is 29.6 Å². The van der Waals surface area contributed by atoms with E-state index in [-0.39, 0.29) is 5.91 Å². The van der Waals surface area contributed by atoms with Crippen LogP contribution in [0.15, 0.2) is 18.2 Å². The molecular formula is C14H18ClN3OS. The molecule has 4 nitrogen and oxygen atoms in total. The van der Waals surface area contributed by atoms with Gasteiger partial charge in [0.25, 0.3) is 5.91 Å². The van der Waals surface area contributed by atoms with Crippen molar-refractivity contribution in [2.24, 2.45) is 0 Å². The first-order valence-electron chi connectivity index (χ1n) is 6.60. The predicted octanol–water partition coefficient (Wildman–Crippen LogP) is 2.87. The number of carbonyl (C=O) groups excluding carboxylic acids is 1. The molecule has 1 aromatic carbocycles. The van der Waals surface area contributed by atoms with Gasteiger partial charge in [-0.25, -0.2) is 0 Å². The Hall–Kier alpha value is -1.30. The molecule has 0 bridgehead atoms. The molecule has 1 aromatic heterocycles. The minimum Gasteiger partial charge on any atom is -0.397 e. The molecule has 0 fully saturated rings. The van der Waals surface area contributed by atoms with E-state index in [2.05, 4.69) is 17.6 Å². The molecule has 0 saturated carbocycles. The minimum absolute atomic E-state index is 0.115. The van der Waals surface area contributed by atoms with Crippen LogP contribution >= 0.6 is 22.9 Å². The van der Waals surface area contributed by atoms with Crippen molar-refractivity contribution in [2.75, 3.05) is 25.4 Å². The Morgan fingerprint density at radius 3 is 2.95 bits per heavy atom. The molecule has 1 amide bonds. The molecule has 0 saturated heterocycles. The summed E-state index contributed by atoms with van der Waals surface area (Å²) in [6.07, 6.45) is 0.899.